The number of halogens is 3. The molecular formula is C10H11ClF2O2S. The molecular weight excluding hydrogens is 258 g/mol. The summed E-state index contributed by atoms with van der Waals surface area (Å²) in [5.41, 5.74) is -1.49. The summed E-state index contributed by atoms with van der Waals surface area (Å²) in [6.07, 6.45) is -0.768. The van der Waals surface area contributed by atoms with Crippen LogP contribution in [0.15, 0.2) is 11.4 Å². The van der Waals surface area contributed by atoms with Crippen molar-refractivity contribution in [2.45, 2.75) is 26.2 Å². The lowest BCUT2D eigenvalue weighted by atomic mass is 9.86. The highest BCUT2D eigenvalue weighted by Crippen LogP contribution is 2.44. The van der Waals surface area contributed by atoms with Crippen molar-refractivity contribution in [2.75, 3.05) is 0 Å². The lowest BCUT2D eigenvalue weighted by Crippen LogP contribution is -2.30. The summed E-state index contributed by atoms with van der Waals surface area (Å²) in [5, 5.41) is 10.2. The summed E-state index contributed by atoms with van der Waals surface area (Å²) in [7, 11) is 0. The molecule has 0 aromatic carbocycles. The van der Waals surface area contributed by atoms with Crippen LogP contribution >= 0.6 is 22.9 Å². The fourth-order valence-corrected chi connectivity index (χ4v) is 2.44. The molecule has 1 rings (SSSR count). The summed E-state index contributed by atoms with van der Waals surface area (Å²) >= 11 is 6.45. The Kier molecular flexibility index (Phi) is 3.59. The average molecular weight is 269 g/mol. The molecule has 0 aliphatic rings. The van der Waals surface area contributed by atoms with Gasteiger partial charge >= 0.3 is 5.97 Å². The minimum atomic E-state index is -3.22. The smallest absolute Gasteiger partial charge is 0.309 e. The number of hydrogen-bond donors (Lipinski definition) is 1. The van der Waals surface area contributed by atoms with E-state index < -0.39 is 23.7 Å². The summed E-state index contributed by atoms with van der Waals surface area (Å²) in [6.45, 7) is 2.54. The molecule has 1 aromatic heterocycles. The molecule has 2 nitrogen and oxygen atoms in total. The van der Waals surface area contributed by atoms with Gasteiger partial charge in [0, 0.05) is 6.42 Å². The van der Waals surface area contributed by atoms with E-state index in [0.717, 1.165) is 11.3 Å². The first kappa shape index (κ1) is 13.4. The molecule has 0 amide bonds. The quantitative estimate of drug-likeness (QED) is 0.896. The van der Waals surface area contributed by atoms with Crippen LogP contribution in [0.4, 0.5) is 8.78 Å². The summed E-state index contributed by atoms with van der Waals surface area (Å²) in [4.78, 5) is 10.5. The van der Waals surface area contributed by atoms with Crippen molar-refractivity contribution in [3.8, 4) is 0 Å². The highest BCUT2D eigenvalue weighted by molar-refractivity contribution is 7.10. The second-order valence-electron chi connectivity index (χ2n) is 4.17. The third kappa shape index (κ3) is 2.71. The van der Waals surface area contributed by atoms with Crippen LogP contribution in [0.25, 0.3) is 0 Å². The van der Waals surface area contributed by atoms with Crippen LogP contribution in [0.2, 0.25) is 5.02 Å². The predicted molar refractivity (Wildman–Crippen MR) is 59.3 cm³/mol. The number of carboxylic acids is 1. The lowest BCUT2D eigenvalue weighted by molar-refractivity contribution is -0.153. The summed E-state index contributed by atoms with van der Waals surface area (Å²) in [5.74, 6) is -4.47. The van der Waals surface area contributed by atoms with Gasteiger partial charge in [-0.3, -0.25) is 4.79 Å². The van der Waals surface area contributed by atoms with E-state index in [0.29, 0.717) is 0 Å². The maximum atomic E-state index is 13.8. The van der Waals surface area contributed by atoms with Crippen LogP contribution in [0.5, 0.6) is 0 Å². The molecule has 1 aromatic rings. The van der Waals surface area contributed by atoms with E-state index in [1.807, 2.05) is 0 Å². The molecule has 0 spiro atoms. The first-order valence-corrected chi connectivity index (χ1v) is 5.77. The van der Waals surface area contributed by atoms with E-state index in [2.05, 4.69) is 0 Å². The average Bonchev–Trinajstić information content (AvgIpc) is 2.49. The molecule has 0 saturated heterocycles. The summed E-state index contributed by atoms with van der Waals surface area (Å²) in [6, 6.07) is 1.38. The number of hydrogen-bond acceptors (Lipinski definition) is 2. The minimum absolute atomic E-state index is 0.0174. The van der Waals surface area contributed by atoms with Crippen molar-refractivity contribution in [3.63, 3.8) is 0 Å². The van der Waals surface area contributed by atoms with E-state index in [9.17, 15) is 13.6 Å². The Balaban J connectivity index is 2.96. The largest absolute Gasteiger partial charge is 0.481 e. The topological polar surface area (TPSA) is 37.3 Å². The minimum Gasteiger partial charge on any atom is -0.481 e. The SMILES string of the molecule is CC(C)(CC(F)(F)c1sccc1Cl)C(=O)O. The Morgan fingerprint density at radius 1 is 1.56 bits per heavy atom. The fourth-order valence-electron chi connectivity index (χ4n) is 1.27. The predicted octanol–water partition coefficient (Wildman–Crippen LogP) is 3.99. The zero-order chi connectivity index (χ0) is 12.6. The van der Waals surface area contributed by atoms with Gasteiger partial charge < -0.3 is 5.11 Å². The van der Waals surface area contributed by atoms with Crippen molar-refractivity contribution in [2.24, 2.45) is 5.41 Å². The molecule has 0 atom stereocenters. The molecule has 0 bridgehead atoms. The molecule has 0 aliphatic heterocycles. The van der Waals surface area contributed by atoms with Gasteiger partial charge in [0.25, 0.3) is 5.92 Å². The third-order valence-corrected chi connectivity index (χ3v) is 3.65. The zero-order valence-electron chi connectivity index (χ0n) is 8.76. The fraction of sp³-hybridized carbons (Fsp3) is 0.500. The first-order chi connectivity index (χ1) is 7.17. The van der Waals surface area contributed by atoms with Crippen LogP contribution < -0.4 is 0 Å². The van der Waals surface area contributed by atoms with Crippen LogP contribution in [0.1, 0.15) is 25.1 Å². The van der Waals surface area contributed by atoms with Gasteiger partial charge in [-0.05, 0) is 25.3 Å². The van der Waals surface area contributed by atoms with Gasteiger partial charge in [-0.2, -0.15) is 0 Å². The maximum absolute atomic E-state index is 13.8. The Morgan fingerprint density at radius 2 is 2.12 bits per heavy atom. The van der Waals surface area contributed by atoms with Gasteiger partial charge in [0.15, 0.2) is 0 Å². The van der Waals surface area contributed by atoms with Gasteiger partial charge in [-0.25, -0.2) is 8.78 Å². The first-order valence-electron chi connectivity index (χ1n) is 4.51. The van der Waals surface area contributed by atoms with Crippen molar-refractivity contribution in [1.29, 1.82) is 0 Å². The Labute approximate surface area is 101 Å². The van der Waals surface area contributed by atoms with Crippen LogP contribution in [0, 0.1) is 5.41 Å². The third-order valence-electron chi connectivity index (χ3n) is 2.19. The van der Waals surface area contributed by atoms with Crippen molar-refractivity contribution in [1.82, 2.24) is 0 Å². The van der Waals surface area contributed by atoms with Gasteiger partial charge in [0.2, 0.25) is 0 Å². The molecule has 0 radical (unpaired) electrons. The summed E-state index contributed by atoms with van der Waals surface area (Å²) < 4.78 is 27.5. The molecule has 90 valence electrons. The molecule has 1 heterocycles. The van der Waals surface area contributed by atoms with Crippen molar-refractivity contribution in [3.05, 3.63) is 21.3 Å². The van der Waals surface area contributed by atoms with Crippen LogP contribution in [-0.2, 0) is 10.7 Å². The number of alkyl halides is 2. The van der Waals surface area contributed by atoms with Crippen molar-refractivity contribution < 1.29 is 18.7 Å². The highest BCUT2D eigenvalue weighted by atomic mass is 35.5. The maximum Gasteiger partial charge on any atom is 0.309 e. The van der Waals surface area contributed by atoms with Crippen LogP contribution in [0.3, 0.4) is 0 Å². The van der Waals surface area contributed by atoms with Gasteiger partial charge in [-0.1, -0.05) is 11.6 Å². The number of thiophene rings is 1. The van der Waals surface area contributed by atoms with Gasteiger partial charge in [-0.15, -0.1) is 11.3 Å². The monoisotopic (exact) mass is 268 g/mol. The second kappa shape index (κ2) is 4.30. The van der Waals surface area contributed by atoms with E-state index >= 15 is 0 Å². The molecule has 0 aliphatic carbocycles. The Hall–Kier alpha value is -0.680. The Morgan fingerprint density at radius 3 is 2.50 bits per heavy atom. The normalized spacial score (nSPS) is 12.8. The Bertz CT molecular complexity index is 401. The molecule has 1 N–H and O–H groups in total. The number of rotatable bonds is 4. The molecule has 0 fully saturated rings. The van der Waals surface area contributed by atoms with E-state index in [1.54, 1.807) is 0 Å². The molecule has 16 heavy (non-hydrogen) atoms. The van der Waals surface area contributed by atoms with Crippen molar-refractivity contribution >= 4 is 28.9 Å². The second-order valence-corrected chi connectivity index (χ2v) is 5.49. The number of aliphatic carboxylic acids is 1. The zero-order valence-corrected chi connectivity index (χ0v) is 10.3. The van der Waals surface area contributed by atoms with Crippen LogP contribution in [-0.4, -0.2) is 11.1 Å². The standard InChI is InChI=1S/C10H11ClF2O2S/c1-9(2,8(14)15)5-10(12,13)7-6(11)3-4-16-7/h3-4H,5H2,1-2H3,(H,14,15). The van der Waals surface area contributed by atoms with Gasteiger partial charge in [0.1, 0.15) is 0 Å². The molecule has 6 heteroatoms. The van der Waals surface area contributed by atoms with E-state index in [4.69, 9.17) is 16.7 Å². The highest BCUT2D eigenvalue weighted by Gasteiger charge is 2.44. The molecule has 0 unspecified atom stereocenters. The van der Waals surface area contributed by atoms with Gasteiger partial charge in [0.05, 0.1) is 15.3 Å². The van der Waals surface area contributed by atoms with E-state index in [1.165, 1.54) is 25.3 Å². The number of carboxylic acid groups (broad SMARTS) is 1. The number of carbonyl (C=O) groups is 1. The molecule has 0 saturated carbocycles. The van der Waals surface area contributed by atoms with E-state index in [-0.39, 0.29) is 9.90 Å². The lowest BCUT2D eigenvalue weighted by Gasteiger charge is -2.25.